The van der Waals surface area contributed by atoms with Gasteiger partial charge in [-0.05, 0) is 31.2 Å². The van der Waals surface area contributed by atoms with Crippen LogP contribution in [0.2, 0.25) is 0 Å². The van der Waals surface area contributed by atoms with Crippen molar-refractivity contribution in [3.8, 4) is 10.4 Å². The molecule has 2 aromatic rings. The maximum atomic E-state index is 4.16. The largest absolute Gasteiger partial charge is 0.310 e. The predicted molar refractivity (Wildman–Crippen MR) is 74.3 cm³/mol. The average molecular weight is 246 g/mol. The Labute approximate surface area is 107 Å². The molecular formula is C14H18N2S. The van der Waals surface area contributed by atoms with Crippen molar-refractivity contribution in [3.63, 3.8) is 0 Å². The predicted octanol–water partition coefficient (Wildman–Crippen LogP) is 3.87. The van der Waals surface area contributed by atoms with Gasteiger partial charge in [0, 0.05) is 33.8 Å². The van der Waals surface area contributed by atoms with Crippen molar-refractivity contribution in [1.82, 2.24) is 10.3 Å². The first-order chi connectivity index (χ1) is 8.35. The molecular weight excluding hydrogens is 228 g/mol. The molecule has 0 bridgehead atoms. The summed E-state index contributed by atoms with van der Waals surface area (Å²) in [6.07, 6.45) is 4.86. The van der Waals surface area contributed by atoms with E-state index >= 15 is 0 Å². The van der Waals surface area contributed by atoms with Crippen LogP contribution in [0.4, 0.5) is 0 Å². The SMILES string of the molecule is CCNC(CC)c1ccc(-c2cccnc2)s1. The zero-order valence-corrected chi connectivity index (χ0v) is 11.1. The van der Waals surface area contributed by atoms with Crippen LogP contribution in [-0.2, 0) is 0 Å². The molecule has 0 spiro atoms. The number of thiophene rings is 1. The Morgan fingerprint density at radius 2 is 2.18 bits per heavy atom. The Hall–Kier alpha value is -1.19. The van der Waals surface area contributed by atoms with E-state index in [1.165, 1.54) is 15.3 Å². The van der Waals surface area contributed by atoms with Crippen molar-refractivity contribution >= 4 is 11.3 Å². The lowest BCUT2D eigenvalue weighted by atomic mass is 10.2. The highest BCUT2D eigenvalue weighted by Crippen LogP contribution is 2.31. The van der Waals surface area contributed by atoms with Crippen molar-refractivity contribution < 1.29 is 0 Å². The van der Waals surface area contributed by atoms with Crippen molar-refractivity contribution in [2.75, 3.05) is 6.54 Å². The zero-order chi connectivity index (χ0) is 12.1. The molecule has 1 unspecified atom stereocenters. The van der Waals surface area contributed by atoms with Gasteiger partial charge in [-0.15, -0.1) is 11.3 Å². The lowest BCUT2D eigenvalue weighted by molar-refractivity contribution is 0.545. The lowest BCUT2D eigenvalue weighted by Gasteiger charge is -2.13. The molecule has 0 fully saturated rings. The molecule has 3 heteroatoms. The molecule has 90 valence electrons. The first kappa shape index (κ1) is 12.3. The van der Waals surface area contributed by atoms with Gasteiger partial charge >= 0.3 is 0 Å². The molecule has 2 nitrogen and oxygen atoms in total. The van der Waals surface area contributed by atoms with Gasteiger partial charge < -0.3 is 5.32 Å². The van der Waals surface area contributed by atoms with Crippen LogP contribution in [0.15, 0.2) is 36.7 Å². The van der Waals surface area contributed by atoms with Crippen LogP contribution in [0.25, 0.3) is 10.4 Å². The van der Waals surface area contributed by atoms with Crippen LogP contribution in [-0.4, -0.2) is 11.5 Å². The molecule has 0 aromatic carbocycles. The third-order valence-corrected chi connectivity index (χ3v) is 4.02. The van der Waals surface area contributed by atoms with Crippen LogP contribution in [0, 0.1) is 0 Å². The summed E-state index contributed by atoms with van der Waals surface area (Å²) in [5.41, 5.74) is 1.20. The summed E-state index contributed by atoms with van der Waals surface area (Å²) in [6, 6.07) is 8.99. The highest BCUT2D eigenvalue weighted by atomic mass is 32.1. The van der Waals surface area contributed by atoms with Crippen molar-refractivity contribution in [3.05, 3.63) is 41.5 Å². The quantitative estimate of drug-likeness (QED) is 0.866. The zero-order valence-electron chi connectivity index (χ0n) is 10.3. The van der Waals surface area contributed by atoms with E-state index in [4.69, 9.17) is 0 Å². The summed E-state index contributed by atoms with van der Waals surface area (Å²) in [7, 11) is 0. The van der Waals surface area contributed by atoms with Crippen molar-refractivity contribution in [2.45, 2.75) is 26.3 Å². The highest BCUT2D eigenvalue weighted by molar-refractivity contribution is 7.15. The van der Waals surface area contributed by atoms with E-state index < -0.39 is 0 Å². The van der Waals surface area contributed by atoms with Gasteiger partial charge in [0.2, 0.25) is 0 Å². The molecule has 0 saturated carbocycles. The summed E-state index contributed by atoms with van der Waals surface area (Å²) in [6.45, 7) is 5.38. The first-order valence-electron chi connectivity index (χ1n) is 6.08. The van der Waals surface area contributed by atoms with Crippen LogP contribution in [0.3, 0.4) is 0 Å². The molecule has 0 radical (unpaired) electrons. The van der Waals surface area contributed by atoms with Gasteiger partial charge in [0.05, 0.1) is 0 Å². The Morgan fingerprint density at radius 3 is 2.82 bits per heavy atom. The second-order valence-electron chi connectivity index (χ2n) is 3.96. The minimum absolute atomic E-state index is 0.482. The number of pyridine rings is 1. The second-order valence-corrected chi connectivity index (χ2v) is 5.08. The van der Waals surface area contributed by atoms with E-state index in [0.29, 0.717) is 6.04 Å². The number of aromatic nitrogens is 1. The summed E-state index contributed by atoms with van der Waals surface area (Å²) < 4.78 is 0. The Morgan fingerprint density at radius 1 is 1.29 bits per heavy atom. The van der Waals surface area contributed by atoms with E-state index in [1.807, 2.05) is 29.8 Å². The highest BCUT2D eigenvalue weighted by Gasteiger charge is 2.11. The van der Waals surface area contributed by atoms with Crippen LogP contribution in [0.5, 0.6) is 0 Å². The normalized spacial score (nSPS) is 12.6. The summed E-state index contributed by atoms with van der Waals surface area (Å²) in [5, 5.41) is 3.51. The fourth-order valence-corrected chi connectivity index (χ4v) is 3.05. The molecule has 0 aliphatic carbocycles. The molecule has 0 saturated heterocycles. The van der Waals surface area contributed by atoms with Gasteiger partial charge in [0.25, 0.3) is 0 Å². The molecule has 0 aliphatic rings. The summed E-state index contributed by atoms with van der Waals surface area (Å²) in [4.78, 5) is 6.87. The second kappa shape index (κ2) is 5.94. The van der Waals surface area contributed by atoms with E-state index in [2.05, 4.69) is 42.3 Å². The minimum atomic E-state index is 0.482. The minimum Gasteiger partial charge on any atom is -0.310 e. The Bertz CT molecular complexity index is 450. The third-order valence-electron chi connectivity index (χ3n) is 2.78. The number of rotatable bonds is 5. The van der Waals surface area contributed by atoms with Crippen molar-refractivity contribution in [1.29, 1.82) is 0 Å². The third kappa shape index (κ3) is 2.93. The van der Waals surface area contributed by atoms with Crippen LogP contribution in [0.1, 0.15) is 31.2 Å². The Kier molecular flexibility index (Phi) is 4.29. The first-order valence-corrected chi connectivity index (χ1v) is 6.90. The average Bonchev–Trinajstić information content (AvgIpc) is 2.86. The number of hydrogen-bond acceptors (Lipinski definition) is 3. The van der Waals surface area contributed by atoms with E-state index in [-0.39, 0.29) is 0 Å². The number of nitrogens with zero attached hydrogens (tertiary/aromatic N) is 1. The van der Waals surface area contributed by atoms with Crippen LogP contribution >= 0.6 is 11.3 Å². The van der Waals surface area contributed by atoms with Crippen molar-refractivity contribution in [2.24, 2.45) is 0 Å². The standard InChI is InChI=1S/C14H18N2S/c1-3-12(16-4-2)14-8-7-13(17-14)11-6-5-9-15-10-11/h5-10,12,16H,3-4H2,1-2H3. The molecule has 2 rings (SSSR count). The van der Waals surface area contributed by atoms with Gasteiger partial charge in [-0.2, -0.15) is 0 Å². The number of hydrogen-bond donors (Lipinski definition) is 1. The van der Waals surface area contributed by atoms with Gasteiger partial charge in [-0.25, -0.2) is 0 Å². The maximum Gasteiger partial charge on any atom is 0.0412 e. The fourth-order valence-electron chi connectivity index (χ4n) is 1.90. The molecule has 2 aromatic heterocycles. The lowest BCUT2D eigenvalue weighted by Crippen LogP contribution is -2.18. The van der Waals surface area contributed by atoms with E-state index in [1.54, 1.807) is 0 Å². The topological polar surface area (TPSA) is 24.9 Å². The molecule has 2 heterocycles. The monoisotopic (exact) mass is 246 g/mol. The Balaban J connectivity index is 2.21. The van der Waals surface area contributed by atoms with Crippen LogP contribution < -0.4 is 5.32 Å². The summed E-state index contributed by atoms with van der Waals surface area (Å²) >= 11 is 1.86. The molecule has 1 atom stereocenters. The smallest absolute Gasteiger partial charge is 0.0412 e. The fraction of sp³-hybridized carbons (Fsp3) is 0.357. The van der Waals surface area contributed by atoms with E-state index in [0.717, 1.165) is 13.0 Å². The molecule has 0 amide bonds. The maximum absolute atomic E-state index is 4.16. The van der Waals surface area contributed by atoms with Gasteiger partial charge in [-0.1, -0.05) is 19.9 Å². The molecule has 0 aliphatic heterocycles. The summed E-state index contributed by atoms with van der Waals surface area (Å²) in [5.74, 6) is 0. The number of nitrogens with one attached hydrogen (secondary N) is 1. The molecule has 17 heavy (non-hydrogen) atoms. The van der Waals surface area contributed by atoms with E-state index in [9.17, 15) is 0 Å². The van der Waals surface area contributed by atoms with Gasteiger partial charge in [-0.3, -0.25) is 4.98 Å². The molecule has 1 N–H and O–H groups in total. The van der Waals surface area contributed by atoms with Gasteiger partial charge in [0.1, 0.15) is 0 Å². The van der Waals surface area contributed by atoms with Gasteiger partial charge in [0.15, 0.2) is 0 Å².